The van der Waals surface area contributed by atoms with E-state index in [0.29, 0.717) is 0 Å². The second kappa shape index (κ2) is 43.6. The Labute approximate surface area is 863 Å². The molecule has 0 atom stereocenters. The molecule has 13 heteroatoms. The standard InChI is InChI=1S/C29H21NS2.C27H21NS.2C25H19NS2.C23H19NS/c1-30(25-15-7-11-21-9-3-5-13-23(21)25)29-19-18-28(32-29)27-17-16-26(31-27)24-14-6-10-20-8-2-4-12-22(20)24;1-28(25-13-7-11-20-8-5-6-12-24(20)25)23-16-14-22(15-17-23)27-19-18-26(29-27)21-9-3-2-4-10-21;1-26(19-10-3-2-4-11-19)25-17-16-24(28-25)23-15-14-22(27-23)21-13-7-9-18-8-5-6-12-20(18)21;1-26(21-13-7-11-18-8-5-6-12-20(18)21)25-17-16-24(28-25)23-15-14-22(27-23)19-9-3-2-4-10-19;1-24(20-10-6-3-7-11-20)21-14-12-19(13-15-21)23-17-16-22(25-23)18-8-4-2-5-9-18/h2-19H,1H3;2-19H,1H3;2*2-17H,1H3;2-17H,1H3. The maximum absolute atomic E-state index is 2.30. The van der Waals surface area contributed by atoms with Crippen molar-refractivity contribution in [3.63, 3.8) is 0 Å². The van der Waals surface area contributed by atoms with Crippen molar-refractivity contribution in [3.05, 3.63) is 510 Å². The van der Waals surface area contributed by atoms with Crippen molar-refractivity contribution in [2.24, 2.45) is 0 Å². The monoisotopic (exact) mass is 1970 g/mol. The molecule has 0 aliphatic carbocycles. The fourth-order valence-corrected chi connectivity index (χ4v) is 26.3. The molecule has 25 rings (SSSR count). The Kier molecular flexibility index (Phi) is 28.5. The van der Waals surface area contributed by atoms with E-state index < -0.39 is 0 Å². The van der Waals surface area contributed by atoms with Crippen molar-refractivity contribution in [2.45, 2.75) is 0 Å². The Bertz CT molecular complexity index is 8500. The highest BCUT2D eigenvalue weighted by Crippen LogP contribution is 2.49. The number of rotatable bonds is 20. The molecule has 0 fully saturated rings. The lowest BCUT2D eigenvalue weighted by Crippen LogP contribution is -2.09. The summed E-state index contributed by atoms with van der Waals surface area (Å²) in [5, 5.41) is 16.6. The molecule has 0 aliphatic rings. The lowest BCUT2D eigenvalue weighted by molar-refractivity contribution is 1.21. The third-order valence-corrected chi connectivity index (χ3v) is 35.4. The van der Waals surface area contributed by atoms with E-state index in [1.54, 1.807) is 0 Å². The molecule has 8 aromatic heterocycles. The smallest absolute Gasteiger partial charge is 0.0957 e. The maximum Gasteiger partial charge on any atom is 0.0957 e. The Balaban J connectivity index is 0.000000105. The van der Waals surface area contributed by atoms with Crippen LogP contribution in [0.3, 0.4) is 0 Å². The first-order valence-corrected chi connectivity index (χ1v) is 53.9. The van der Waals surface area contributed by atoms with E-state index in [0.717, 1.165) is 0 Å². The third kappa shape index (κ3) is 20.9. The molecule has 25 aromatic rings. The number of nitrogens with zero attached hydrogens (tertiary/aromatic N) is 5. The highest BCUT2D eigenvalue weighted by atomic mass is 32.1. The van der Waals surface area contributed by atoms with E-state index in [-0.39, 0.29) is 0 Å². The highest BCUT2D eigenvalue weighted by molar-refractivity contribution is 7.27. The number of para-hydroxylation sites is 2. The number of fused-ring (bicyclic) bond motifs is 5. The number of anilines is 10. The van der Waals surface area contributed by atoms with E-state index in [1.807, 2.05) is 96.8 Å². The van der Waals surface area contributed by atoms with Gasteiger partial charge in [0.15, 0.2) is 0 Å². The number of benzene rings is 17. The molecule has 0 amide bonds. The minimum atomic E-state index is 1.19. The van der Waals surface area contributed by atoms with Gasteiger partial charge in [0.1, 0.15) is 0 Å². The second-order valence-electron chi connectivity index (χ2n) is 34.4. The molecule has 688 valence electrons. The molecule has 0 N–H and O–H groups in total. The molecule has 0 saturated carbocycles. The highest BCUT2D eigenvalue weighted by Gasteiger charge is 2.20. The van der Waals surface area contributed by atoms with Crippen LogP contribution in [0.15, 0.2) is 510 Å². The van der Waals surface area contributed by atoms with Gasteiger partial charge in [0.05, 0.1) is 15.0 Å². The number of hydrogen-bond acceptors (Lipinski definition) is 13. The lowest BCUT2D eigenvalue weighted by atomic mass is 10.0. The van der Waals surface area contributed by atoms with Crippen molar-refractivity contribution in [2.75, 3.05) is 59.7 Å². The summed E-state index contributed by atoms with van der Waals surface area (Å²) in [7, 11) is 10.7. The predicted octanol–water partition coefficient (Wildman–Crippen LogP) is 40.2. The van der Waals surface area contributed by atoms with Crippen LogP contribution in [0.5, 0.6) is 0 Å². The molecule has 17 aromatic carbocycles. The van der Waals surface area contributed by atoms with Gasteiger partial charge in [-0.3, -0.25) is 0 Å². The summed E-state index contributed by atoms with van der Waals surface area (Å²) in [6.07, 6.45) is 0. The van der Waals surface area contributed by atoms with E-state index in [4.69, 9.17) is 0 Å². The lowest BCUT2D eigenvalue weighted by Gasteiger charge is -2.21. The minimum absolute atomic E-state index is 1.19. The van der Waals surface area contributed by atoms with Gasteiger partial charge in [-0.15, -0.1) is 90.7 Å². The van der Waals surface area contributed by atoms with Crippen LogP contribution >= 0.6 is 90.7 Å². The van der Waals surface area contributed by atoms with Gasteiger partial charge in [-0.2, -0.15) is 0 Å². The van der Waals surface area contributed by atoms with Gasteiger partial charge in [-0.05, 0) is 240 Å². The fourth-order valence-electron chi connectivity index (χ4n) is 17.9. The summed E-state index contributed by atoms with van der Waals surface area (Å²) in [6.45, 7) is 0. The molecular weight excluding hydrogens is 1880 g/mol. The van der Waals surface area contributed by atoms with Crippen LogP contribution in [0, 0.1) is 0 Å². The van der Waals surface area contributed by atoms with Crippen molar-refractivity contribution in [1.82, 2.24) is 0 Å². The fraction of sp³-hybridized carbons (Fsp3) is 0.0388. The van der Waals surface area contributed by atoms with Crippen LogP contribution in [0.4, 0.5) is 54.8 Å². The molecule has 0 saturated heterocycles. The average molecular weight is 1980 g/mol. The summed E-state index contributed by atoms with van der Waals surface area (Å²) in [6, 6.07) is 181. The zero-order valence-electron chi connectivity index (χ0n) is 79.0. The predicted molar refractivity (Wildman–Crippen MR) is 630 cm³/mol. The van der Waals surface area contributed by atoms with Crippen LogP contribution in [-0.4, -0.2) is 35.2 Å². The van der Waals surface area contributed by atoms with Crippen LogP contribution in [0.25, 0.3) is 156 Å². The van der Waals surface area contributed by atoms with Gasteiger partial charge in [-0.25, -0.2) is 0 Å². The summed E-state index contributed by atoms with van der Waals surface area (Å²) in [4.78, 5) is 28.3. The number of thiophene rings is 8. The van der Waals surface area contributed by atoms with Gasteiger partial charge in [0, 0.05) is 155 Å². The zero-order valence-corrected chi connectivity index (χ0v) is 85.5. The molecular formula is C129H99N5S8. The maximum atomic E-state index is 2.30. The van der Waals surface area contributed by atoms with Crippen molar-refractivity contribution < 1.29 is 0 Å². The molecule has 0 aliphatic heterocycles. The van der Waals surface area contributed by atoms with Gasteiger partial charge < -0.3 is 24.5 Å². The Hall–Kier alpha value is -15.4. The summed E-state index contributed by atoms with van der Waals surface area (Å²) in [5.74, 6) is 0. The summed E-state index contributed by atoms with van der Waals surface area (Å²) >= 11 is 14.8. The topological polar surface area (TPSA) is 16.2 Å². The van der Waals surface area contributed by atoms with E-state index in [2.05, 4.69) is 563 Å². The zero-order chi connectivity index (χ0) is 96.0. The Morgan fingerprint density at radius 1 is 0.127 bits per heavy atom. The molecule has 8 heterocycles. The summed E-state index contributed by atoms with van der Waals surface area (Å²) in [5.41, 5.74) is 17.4. The molecule has 0 radical (unpaired) electrons. The first kappa shape index (κ1) is 93.0. The quantitative estimate of drug-likeness (QED) is 0.0754. The molecule has 5 nitrogen and oxygen atoms in total. The van der Waals surface area contributed by atoms with Crippen molar-refractivity contribution >= 4 is 199 Å². The first-order valence-electron chi connectivity index (χ1n) is 47.3. The molecule has 142 heavy (non-hydrogen) atoms. The normalized spacial score (nSPS) is 11.0. The van der Waals surface area contributed by atoms with Gasteiger partial charge in [-0.1, -0.05) is 346 Å². The van der Waals surface area contributed by atoms with E-state index in [9.17, 15) is 0 Å². The van der Waals surface area contributed by atoms with Gasteiger partial charge in [0.2, 0.25) is 0 Å². The van der Waals surface area contributed by atoms with Crippen molar-refractivity contribution in [1.29, 1.82) is 0 Å². The van der Waals surface area contributed by atoms with Crippen LogP contribution < -0.4 is 24.5 Å². The van der Waals surface area contributed by atoms with Crippen LogP contribution in [0.2, 0.25) is 0 Å². The van der Waals surface area contributed by atoms with Crippen molar-refractivity contribution in [3.8, 4) is 102 Å². The van der Waals surface area contributed by atoms with E-state index in [1.165, 1.54) is 211 Å². The van der Waals surface area contributed by atoms with E-state index >= 15 is 0 Å². The second-order valence-corrected chi connectivity index (χ2v) is 43.0. The molecule has 0 bridgehead atoms. The number of hydrogen-bond donors (Lipinski definition) is 0. The Morgan fingerprint density at radius 2 is 0.338 bits per heavy atom. The van der Waals surface area contributed by atoms with Gasteiger partial charge in [0.25, 0.3) is 0 Å². The van der Waals surface area contributed by atoms with Gasteiger partial charge >= 0.3 is 0 Å². The minimum Gasteiger partial charge on any atom is -0.345 e. The molecule has 0 unspecified atom stereocenters. The third-order valence-electron chi connectivity index (χ3n) is 25.6. The first-order chi connectivity index (χ1) is 70.0. The largest absolute Gasteiger partial charge is 0.345 e. The van der Waals surface area contributed by atoms with Crippen LogP contribution in [0.1, 0.15) is 0 Å². The Morgan fingerprint density at radius 3 is 0.683 bits per heavy atom. The average Bonchev–Trinajstić information content (AvgIpc) is 1.56. The summed E-state index contributed by atoms with van der Waals surface area (Å²) < 4.78 is 0. The van der Waals surface area contributed by atoms with Crippen LogP contribution in [-0.2, 0) is 0 Å². The SMILES string of the molecule is CN(c1ccc(-c2ccc(-c3cccc4ccccc34)s2)s1)c1cccc2ccccc12.CN(c1ccc(-c2ccc(-c3ccccc3)s2)cc1)c1cccc2ccccc12.CN(c1ccc(-c2ccc(-c3ccccc3)s2)s1)c1cccc2ccccc12.CN(c1ccccc1)c1ccc(-c2ccc(-c3cccc4ccccc34)s2)s1.CN(c1ccccc1)c1ccc(-c2ccc(-c3ccccc3)s2)cc1. The molecule has 0 spiro atoms.